The zero-order valence-electron chi connectivity index (χ0n) is 22.7. The van der Waals surface area contributed by atoms with Crippen molar-refractivity contribution in [3.05, 3.63) is 62.6 Å². The number of nitrogens with one attached hydrogen (secondary N) is 1. The molecule has 1 aromatic heterocycles. The fourth-order valence-electron chi connectivity index (χ4n) is 9.59. The fraction of sp³-hybridized carbons (Fsp3) is 0.625. The van der Waals surface area contributed by atoms with Crippen LogP contribution in [-0.4, -0.2) is 68.2 Å². The molecule has 1 amide bonds. The van der Waals surface area contributed by atoms with E-state index in [0.717, 1.165) is 55.8 Å². The van der Waals surface area contributed by atoms with Gasteiger partial charge in [0.05, 0.1) is 6.10 Å². The Bertz CT molecular complexity index is 1400. The van der Waals surface area contributed by atoms with E-state index in [0.29, 0.717) is 36.5 Å². The van der Waals surface area contributed by atoms with Crippen molar-refractivity contribution in [1.29, 1.82) is 0 Å². The molecule has 6 unspecified atom stereocenters. The van der Waals surface area contributed by atoms with Crippen molar-refractivity contribution >= 4 is 5.91 Å². The quantitative estimate of drug-likeness (QED) is 0.565. The van der Waals surface area contributed by atoms with E-state index in [1.807, 2.05) is 23.1 Å². The third-order valence-corrected chi connectivity index (χ3v) is 11.4. The average molecular weight is 530 g/mol. The first-order valence-electron chi connectivity index (χ1n) is 15.1. The Kier molecular flexibility index (Phi) is 5.23. The maximum atomic E-state index is 13.8. The van der Waals surface area contributed by atoms with Crippen LogP contribution < -0.4 is 5.56 Å². The molecule has 0 radical (unpaired) electrons. The number of H-pyrrole nitrogens is 1. The number of rotatable bonds is 4. The van der Waals surface area contributed by atoms with E-state index in [2.05, 4.69) is 16.8 Å². The summed E-state index contributed by atoms with van der Waals surface area (Å²) >= 11 is 0. The molecule has 6 aliphatic rings. The van der Waals surface area contributed by atoms with Crippen LogP contribution in [0.25, 0.3) is 0 Å². The predicted molar refractivity (Wildman–Crippen MR) is 147 cm³/mol. The van der Waals surface area contributed by atoms with Gasteiger partial charge in [0.1, 0.15) is 11.3 Å². The smallest absolute Gasteiger partial charge is 0.261 e. The molecule has 39 heavy (non-hydrogen) atoms. The normalized spacial score (nSPS) is 36.7. The van der Waals surface area contributed by atoms with E-state index in [4.69, 9.17) is 0 Å². The van der Waals surface area contributed by atoms with Crippen molar-refractivity contribution in [3.63, 3.8) is 0 Å². The molecule has 7 heteroatoms. The zero-order chi connectivity index (χ0) is 26.6. The number of aryl methyl sites for hydroxylation is 1. The molecule has 7 nitrogen and oxygen atoms in total. The van der Waals surface area contributed by atoms with Crippen molar-refractivity contribution in [1.82, 2.24) is 14.8 Å². The molecular weight excluding hydrogens is 490 g/mol. The number of aliphatic hydroxyl groups is 1. The molecule has 6 atom stereocenters. The van der Waals surface area contributed by atoms with E-state index in [1.165, 1.54) is 30.5 Å². The molecule has 3 aliphatic heterocycles. The zero-order valence-corrected chi connectivity index (χ0v) is 22.7. The standard InChI is InChI=1S/C32H39N3O4/c1-17-2-7-23(36)12-26(17)32-13-20-16-34(15-18-3-4-18)29(20)27(32)9-19-8-25(30(38)33-28(19)14-32)31(39)35-21-5-6-22(35)11-24(37)10-21/h2,7-8,12,18,20-22,24,27,29,36-37H,3-6,9-11,13-16H2,1H3,(H,33,38). The number of aromatic hydroxyl groups is 1. The molecule has 0 spiro atoms. The maximum Gasteiger partial charge on any atom is 0.261 e. The van der Waals surface area contributed by atoms with Crippen LogP contribution >= 0.6 is 0 Å². The van der Waals surface area contributed by atoms with Gasteiger partial charge in [0.15, 0.2) is 0 Å². The first kappa shape index (κ1) is 24.2. The SMILES string of the molecule is Cc1ccc(O)cc1C12Cc3[nH]c(=O)c(C(=O)N4C5CCC4CC(O)C5)cc3CC1C1C(CN1CC1CC1)C2. The molecule has 2 saturated carbocycles. The third-order valence-electron chi connectivity index (χ3n) is 11.4. The third kappa shape index (κ3) is 3.61. The number of aromatic nitrogens is 1. The van der Waals surface area contributed by atoms with Gasteiger partial charge in [0.2, 0.25) is 0 Å². The van der Waals surface area contributed by atoms with E-state index in [-0.39, 0.29) is 40.6 Å². The number of likely N-dealkylation sites (tertiary alicyclic amines) is 1. The Morgan fingerprint density at radius 3 is 2.64 bits per heavy atom. The number of nitrogens with zero attached hydrogens (tertiary/aromatic N) is 2. The number of aromatic amines is 1. The number of phenols is 1. The summed E-state index contributed by atoms with van der Waals surface area (Å²) in [7, 11) is 0. The minimum absolute atomic E-state index is 0.0321. The van der Waals surface area contributed by atoms with Gasteiger partial charge in [-0.05, 0) is 117 Å². The highest BCUT2D eigenvalue weighted by Crippen LogP contribution is 2.60. The van der Waals surface area contributed by atoms with Crippen molar-refractivity contribution in [2.45, 2.75) is 94.4 Å². The Balaban J connectivity index is 1.18. The van der Waals surface area contributed by atoms with Crippen molar-refractivity contribution in [3.8, 4) is 5.75 Å². The lowest BCUT2D eigenvalue weighted by atomic mass is 9.62. The second kappa shape index (κ2) is 8.43. The Hall–Kier alpha value is -2.64. The van der Waals surface area contributed by atoms with Crippen LogP contribution in [-0.2, 0) is 18.3 Å². The summed E-state index contributed by atoms with van der Waals surface area (Å²) in [5.74, 6) is 2.01. The van der Waals surface area contributed by atoms with E-state index < -0.39 is 0 Å². The number of piperidine rings is 1. The highest BCUT2D eigenvalue weighted by molar-refractivity contribution is 5.95. The summed E-state index contributed by atoms with van der Waals surface area (Å²) in [6, 6.07) is 8.27. The number of phenolic OH excluding ortho intramolecular Hbond substituents is 1. The number of benzene rings is 1. The van der Waals surface area contributed by atoms with Crippen LogP contribution in [0, 0.1) is 24.7 Å². The lowest BCUT2D eigenvalue weighted by molar-refractivity contribution is 0.00551. The maximum absolute atomic E-state index is 13.8. The minimum atomic E-state index is -0.348. The van der Waals surface area contributed by atoms with Crippen LogP contribution in [0.2, 0.25) is 0 Å². The van der Waals surface area contributed by atoms with Gasteiger partial charge in [0.25, 0.3) is 11.5 Å². The van der Waals surface area contributed by atoms with Gasteiger partial charge >= 0.3 is 0 Å². The first-order valence-corrected chi connectivity index (χ1v) is 15.1. The number of aliphatic hydroxyl groups excluding tert-OH is 1. The number of pyridine rings is 1. The number of hydrogen-bond donors (Lipinski definition) is 3. The molecule has 3 saturated heterocycles. The summed E-state index contributed by atoms with van der Waals surface area (Å²) < 4.78 is 0. The van der Waals surface area contributed by atoms with Gasteiger partial charge in [0, 0.05) is 42.3 Å². The highest BCUT2D eigenvalue weighted by atomic mass is 16.3. The number of carbonyl (C=O) groups is 1. The summed E-state index contributed by atoms with van der Waals surface area (Å²) in [5.41, 5.74) is 4.35. The van der Waals surface area contributed by atoms with Gasteiger partial charge in [-0.2, -0.15) is 0 Å². The Morgan fingerprint density at radius 1 is 1.13 bits per heavy atom. The fourth-order valence-corrected chi connectivity index (χ4v) is 9.59. The molecule has 5 fully saturated rings. The molecule has 3 N–H and O–H groups in total. The Labute approximate surface area is 229 Å². The van der Waals surface area contributed by atoms with Crippen LogP contribution in [0.1, 0.15) is 77.7 Å². The second-order valence-electron chi connectivity index (χ2n) is 13.7. The van der Waals surface area contributed by atoms with Gasteiger partial charge in [-0.1, -0.05) is 6.07 Å². The van der Waals surface area contributed by atoms with Crippen molar-refractivity contribution in [2.75, 3.05) is 13.1 Å². The number of fused-ring (bicyclic) bond motifs is 6. The number of carbonyl (C=O) groups excluding carboxylic acids is 1. The van der Waals surface area contributed by atoms with Gasteiger partial charge in [-0.15, -0.1) is 0 Å². The molecule has 8 rings (SSSR count). The molecule has 1 aromatic carbocycles. The molecule has 2 bridgehead atoms. The van der Waals surface area contributed by atoms with E-state index in [9.17, 15) is 19.8 Å². The average Bonchev–Trinajstić information content (AvgIpc) is 3.62. The topological polar surface area (TPSA) is 96.9 Å². The number of hydrogen-bond acceptors (Lipinski definition) is 5. The van der Waals surface area contributed by atoms with Crippen LogP contribution in [0.5, 0.6) is 5.75 Å². The largest absolute Gasteiger partial charge is 0.508 e. The first-order chi connectivity index (χ1) is 18.8. The minimum Gasteiger partial charge on any atom is -0.508 e. The van der Waals surface area contributed by atoms with E-state index >= 15 is 0 Å². The van der Waals surface area contributed by atoms with Crippen molar-refractivity contribution in [2.24, 2.45) is 17.8 Å². The number of amides is 1. The molecule has 4 heterocycles. The van der Waals surface area contributed by atoms with Crippen LogP contribution in [0.4, 0.5) is 0 Å². The van der Waals surface area contributed by atoms with Gasteiger partial charge in [-0.25, -0.2) is 0 Å². The van der Waals surface area contributed by atoms with Gasteiger partial charge < -0.3 is 20.1 Å². The molecule has 3 aliphatic carbocycles. The van der Waals surface area contributed by atoms with Crippen LogP contribution in [0.15, 0.2) is 29.1 Å². The Morgan fingerprint density at radius 2 is 1.90 bits per heavy atom. The summed E-state index contributed by atoms with van der Waals surface area (Å²) in [6.45, 7) is 4.49. The summed E-state index contributed by atoms with van der Waals surface area (Å²) in [6.07, 6.45) is 8.04. The van der Waals surface area contributed by atoms with E-state index in [1.54, 1.807) is 6.07 Å². The monoisotopic (exact) mass is 529 g/mol. The molecule has 206 valence electrons. The molecular formula is C32H39N3O4. The predicted octanol–water partition coefficient (Wildman–Crippen LogP) is 3.28. The summed E-state index contributed by atoms with van der Waals surface area (Å²) in [4.78, 5) is 35.0. The lowest BCUT2D eigenvalue weighted by Crippen LogP contribution is -2.58. The lowest BCUT2D eigenvalue weighted by Gasteiger charge is -2.49. The second-order valence-corrected chi connectivity index (χ2v) is 13.7. The highest BCUT2D eigenvalue weighted by Gasteiger charge is 2.62. The molecule has 2 aromatic rings. The summed E-state index contributed by atoms with van der Waals surface area (Å²) in [5, 5.41) is 20.7. The van der Waals surface area contributed by atoms with Crippen molar-refractivity contribution < 1.29 is 15.0 Å². The van der Waals surface area contributed by atoms with Gasteiger partial charge in [-0.3, -0.25) is 14.5 Å². The van der Waals surface area contributed by atoms with Crippen LogP contribution in [0.3, 0.4) is 0 Å².